The number of hydrogen-bond donors (Lipinski definition) is 3. The summed E-state index contributed by atoms with van der Waals surface area (Å²) >= 11 is 0. The molecular formula is C21H28N4O2. The standard InChI is InChI=1S/C21H28N4O2/c1-4-22-20(16(2)3)25-24-19-12-10-17(11-13-19)14-23-21(26)27-15-18-8-6-5-7-9-18/h5-13,16,24H,4,14-15H2,1-3H3,(H,22,25)(H,23,26). The summed E-state index contributed by atoms with van der Waals surface area (Å²) in [5.41, 5.74) is 9.17. The topological polar surface area (TPSA) is 74.8 Å². The van der Waals surface area contributed by atoms with Crippen LogP contribution in [-0.2, 0) is 17.9 Å². The van der Waals surface area contributed by atoms with Gasteiger partial charge in [-0.2, -0.15) is 0 Å². The molecule has 1 amide bonds. The third kappa shape index (κ3) is 7.40. The Morgan fingerprint density at radius 1 is 1.04 bits per heavy atom. The van der Waals surface area contributed by atoms with Crippen molar-refractivity contribution in [1.29, 1.82) is 0 Å². The van der Waals surface area contributed by atoms with Crippen LogP contribution in [-0.4, -0.2) is 18.5 Å². The lowest BCUT2D eigenvalue weighted by molar-refractivity contribution is 0.139. The van der Waals surface area contributed by atoms with Crippen LogP contribution in [0.25, 0.3) is 0 Å². The van der Waals surface area contributed by atoms with Gasteiger partial charge in [-0.1, -0.05) is 56.3 Å². The van der Waals surface area contributed by atoms with Crippen molar-refractivity contribution in [3.63, 3.8) is 0 Å². The van der Waals surface area contributed by atoms with E-state index in [0.29, 0.717) is 12.5 Å². The first-order chi connectivity index (χ1) is 13.1. The van der Waals surface area contributed by atoms with Crippen LogP contribution in [0.5, 0.6) is 0 Å². The monoisotopic (exact) mass is 368 g/mol. The van der Waals surface area contributed by atoms with E-state index in [0.717, 1.165) is 29.2 Å². The zero-order valence-electron chi connectivity index (χ0n) is 16.2. The minimum atomic E-state index is -0.430. The lowest BCUT2D eigenvalue weighted by Gasteiger charge is -2.15. The van der Waals surface area contributed by atoms with Crippen molar-refractivity contribution >= 4 is 17.6 Å². The van der Waals surface area contributed by atoms with Crippen LogP contribution in [0.2, 0.25) is 0 Å². The van der Waals surface area contributed by atoms with E-state index in [1.54, 1.807) is 0 Å². The lowest BCUT2D eigenvalue weighted by atomic mass is 10.2. The second-order valence-electron chi connectivity index (χ2n) is 6.38. The summed E-state index contributed by atoms with van der Waals surface area (Å²) < 4.78 is 5.20. The number of anilines is 1. The van der Waals surface area contributed by atoms with E-state index in [1.165, 1.54) is 0 Å². The average Bonchev–Trinajstić information content (AvgIpc) is 2.69. The molecule has 0 unspecified atom stereocenters. The fourth-order valence-electron chi connectivity index (χ4n) is 2.33. The van der Waals surface area contributed by atoms with Crippen molar-refractivity contribution in [2.24, 2.45) is 10.9 Å². The maximum absolute atomic E-state index is 11.8. The number of nitrogens with one attached hydrogen (secondary N) is 3. The molecule has 2 aromatic carbocycles. The summed E-state index contributed by atoms with van der Waals surface area (Å²) in [7, 11) is 0. The molecule has 6 heteroatoms. The van der Waals surface area contributed by atoms with Gasteiger partial charge in [0.2, 0.25) is 0 Å². The first-order valence-corrected chi connectivity index (χ1v) is 9.18. The van der Waals surface area contributed by atoms with Crippen molar-refractivity contribution in [3.05, 3.63) is 65.7 Å². The Kier molecular flexibility index (Phi) is 8.16. The maximum Gasteiger partial charge on any atom is 0.407 e. The Morgan fingerprint density at radius 2 is 1.74 bits per heavy atom. The number of rotatable bonds is 8. The fourth-order valence-corrected chi connectivity index (χ4v) is 2.33. The molecule has 0 bridgehead atoms. The molecule has 27 heavy (non-hydrogen) atoms. The van der Waals surface area contributed by atoms with E-state index in [-0.39, 0.29) is 6.61 Å². The van der Waals surface area contributed by atoms with Gasteiger partial charge in [0, 0.05) is 19.0 Å². The summed E-state index contributed by atoms with van der Waals surface area (Å²) in [6.07, 6.45) is -0.430. The predicted octanol–water partition coefficient (Wildman–Crippen LogP) is 4.10. The maximum atomic E-state index is 11.8. The smallest absolute Gasteiger partial charge is 0.407 e. The average molecular weight is 368 g/mol. The van der Waals surface area contributed by atoms with Gasteiger partial charge in [-0.25, -0.2) is 4.79 Å². The number of carbonyl (C=O) groups is 1. The minimum absolute atomic E-state index is 0.263. The van der Waals surface area contributed by atoms with Crippen molar-refractivity contribution in [3.8, 4) is 0 Å². The molecule has 0 aromatic heterocycles. The highest BCUT2D eigenvalue weighted by Gasteiger charge is 2.05. The van der Waals surface area contributed by atoms with Crippen LogP contribution in [0.4, 0.5) is 10.5 Å². The van der Waals surface area contributed by atoms with E-state index in [4.69, 9.17) is 4.74 Å². The van der Waals surface area contributed by atoms with Crippen molar-refractivity contribution < 1.29 is 9.53 Å². The zero-order chi connectivity index (χ0) is 19.5. The Balaban J connectivity index is 1.75. The largest absolute Gasteiger partial charge is 0.445 e. The van der Waals surface area contributed by atoms with Gasteiger partial charge in [-0.3, -0.25) is 15.8 Å². The fraction of sp³-hybridized carbons (Fsp3) is 0.333. The number of aliphatic imine (C=N–C) groups is 1. The number of carbonyl (C=O) groups excluding carboxylic acids is 1. The molecule has 2 rings (SSSR count). The Hall–Kier alpha value is -3.02. The molecule has 0 spiro atoms. The molecule has 0 aliphatic heterocycles. The number of nitrogens with zero attached hydrogens (tertiary/aromatic N) is 1. The quantitative estimate of drug-likeness (QED) is 0.372. The second kappa shape index (κ2) is 10.9. The van der Waals surface area contributed by atoms with Crippen LogP contribution in [0.1, 0.15) is 31.9 Å². The summed E-state index contributed by atoms with van der Waals surface area (Å²) in [6, 6.07) is 17.4. The van der Waals surface area contributed by atoms with Crippen molar-refractivity contribution in [2.45, 2.75) is 33.9 Å². The number of amides is 1. The molecule has 0 heterocycles. The van der Waals surface area contributed by atoms with Gasteiger partial charge in [0.15, 0.2) is 0 Å². The molecule has 0 atom stereocenters. The van der Waals surface area contributed by atoms with E-state index in [9.17, 15) is 4.79 Å². The van der Waals surface area contributed by atoms with Crippen LogP contribution >= 0.6 is 0 Å². The lowest BCUT2D eigenvalue weighted by Crippen LogP contribution is -2.33. The van der Waals surface area contributed by atoms with Gasteiger partial charge in [0.25, 0.3) is 0 Å². The molecule has 3 N–H and O–H groups in total. The highest BCUT2D eigenvalue weighted by Crippen LogP contribution is 2.09. The molecule has 0 saturated carbocycles. The van der Waals surface area contributed by atoms with Crippen molar-refractivity contribution in [2.75, 3.05) is 12.0 Å². The van der Waals surface area contributed by atoms with E-state index in [2.05, 4.69) is 35.0 Å². The molecule has 0 fully saturated rings. The van der Waals surface area contributed by atoms with Gasteiger partial charge in [-0.15, -0.1) is 0 Å². The molecule has 144 valence electrons. The molecule has 6 nitrogen and oxygen atoms in total. The van der Waals surface area contributed by atoms with Crippen LogP contribution in [0.3, 0.4) is 0 Å². The number of amidine groups is 1. The van der Waals surface area contributed by atoms with Crippen LogP contribution in [0, 0.1) is 5.92 Å². The summed E-state index contributed by atoms with van der Waals surface area (Å²) in [5, 5.41) is 2.75. The van der Waals surface area contributed by atoms with Gasteiger partial charge >= 0.3 is 6.09 Å². The highest BCUT2D eigenvalue weighted by molar-refractivity contribution is 5.85. The number of hydrogen-bond acceptors (Lipinski definition) is 4. The number of hydrazine groups is 1. The number of alkyl carbamates (subject to hydrolysis) is 1. The summed E-state index contributed by atoms with van der Waals surface area (Å²) in [5.74, 6) is 1.24. The molecule has 2 aromatic rings. The third-order valence-corrected chi connectivity index (χ3v) is 3.81. The predicted molar refractivity (Wildman–Crippen MR) is 109 cm³/mol. The molecule has 0 radical (unpaired) electrons. The van der Waals surface area contributed by atoms with Gasteiger partial charge in [0.05, 0.1) is 5.69 Å². The van der Waals surface area contributed by atoms with E-state index >= 15 is 0 Å². The molecule has 0 aliphatic rings. The third-order valence-electron chi connectivity index (χ3n) is 3.81. The Morgan fingerprint density at radius 3 is 2.37 bits per heavy atom. The van der Waals surface area contributed by atoms with E-state index in [1.807, 2.05) is 61.5 Å². The van der Waals surface area contributed by atoms with Crippen LogP contribution < -0.4 is 16.2 Å². The Labute approximate surface area is 161 Å². The van der Waals surface area contributed by atoms with Gasteiger partial charge in [-0.05, 0) is 30.2 Å². The summed E-state index contributed by atoms with van der Waals surface area (Å²) in [4.78, 5) is 16.2. The minimum Gasteiger partial charge on any atom is -0.445 e. The second-order valence-corrected chi connectivity index (χ2v) is 6.38. The zero-order valence-corrected chi connectivity index (χ0v) is 16.2. The first-order valence-electron chi connectivity index (χ1n) is 9.18. The van der Waals surface area contributed by atoms with Crippen molar-refractivity contribution in [1.82, 2.24) is 10.7 Å². The van der Waals surface area contributed by atoms with Crippen LogP contribution in [0.15, 0.2) is 59.6 Å². The van der Waals surface area contributed by atoms with Gasteiger partial charge < -0.3 is 10.1 Å². The molecule has 0 saturated heterocycles. The number of ether oxygens (including phenoxy) is 1. The molecular weight excluding hydrogens is 340 g/mol. The first kappa shape index (κ1) is 20.3. The Bertz CT molecular complexity index is 728. The summed E-state index contributed by atoms with van der Waals surface area (Å²) in [6.45, 7) is 7.61. The highest BCUT2D eigenvalue weighted by atomic mass is 16.5. The molecule has 0 aliphatic carbocycles. The van der Waals surface area contributed by atoms with E-state index < -0.39 is 6.09 Å². The van der Waals surface area contributed by atoms with Gasteiger partial charge in [0.1, 0.15) is 12.4 Å². The SMILES string of the molecule is CCN=C(NNc1ccc(CNC(=O)OCc2ccccc2)cc1)C(C)C. The normalized spacial score (nSPS) is 11.2. The number of benzene rings is 2.